The Morgan fingerprint density at radius 1 is 0.760 bits per heavy atom. The van der Waals surface area contributed by atoms with Gasteiger partial charge in [-0.3, -0.25) is 4.31 Å². The normalized spacial score (nSPS) is 17.7. The highest BCUT2D eigenvalue weighted by molar-refractivity contribution is 7.97. The largest absolute Gasteiger partial charge is 0.361 e. The van der Waals surface area contributed by atoms with Crippen molar-refractivity contribution in [3.05, 3.63) is 227 Å². The standard InChI is InChI=1S/C46H35N3S/c1-32-28-38(35-22-24-36(25-23-35)39-26-27-49-45(30-39)48-33(2)42-18-9-10-19-44(42)50-49)13-11-12-37-21-20-34(31-47)29-43(37)46(32,40-14-5-3-6-15-40)41-16-7-4-8-17-41/h3-11,13-30,45,48H,1-2,12H2. The number of hydrogen-bond acceptors (Lipinski definition) is 4. The third kappa shape index (κ3) is 5.52. The van der Waals surface area contributed by atoms with E-state index in [1.807, 2.05) is 18.2 Å². The van der Waals surface area contributed by atoms with Crippen LogP contribution < -0.4 is 5.32 Å². The van der Waals surface area contributed by atoms with Crippen LogP contribution in [-0.4, -0.2) is 10.5 Å². The smallest absolute Gasteiger partial charge is 0.129 e. The SMILES string of the molecule is C=C1NC2C=C(c3ccc(C4=CC(=C)C(c5ccccc5)(c5ccccc5)c5cc(C#N)ccc5CC=C4)cc3)C=CN2Sc2ccccc21. The molecule has 5 aromatic carbocycles. The van der Waals surface area contributed by atoms with E-state index in [0.717, 1.165) is 62.2 Å². The van der Waals surface area contributed by atoms with Gasteiger partial charge in [-0.1, -0.05) is 141 Å². The Bertz CT molecular complexity index is 2250. The van der Waals surface area contributed by atoms with Crippen LogP contribution in [0.2, 0.25) is 0 Å². The minimum absolute atomic E-state index is 0.0184. The highest BCUT2D eigenvalue weighted by Crippen LogP contribution is 2.48. The van der Waals surface area contributed by atoms with Crippen molar-refractivity contribution in [2.24, 2.45) is 0 Å². The van der Waals surface area contributed by atoms with E-state index in [0.29, 0.717) is 5.56 Å². The van der Waals surface area contributed by atoms with Crippen molar-refractivity contribution in [2.45, 2.75) is 22.9 Å². The quantitative estimate of drug-likeness (QED) is 0.195. The number of nitrogens with one attached hydrogen (secondary N) is 1. The van der Waals surface area contributed by atoms with E-state index in [2.05, 4.69) is 168 Å². The second-order valence-electron chi connectivity index (χ2n) is 12.7. The van der Waals surface area contributed by atoms with E-state index in [-0.39, 0.29) is 6.17 Å². The molecule has 3 aliphatic rings. The lowest BCUT2D eigenvalue weighted by molar-refractivity contribution is 0.484. The van der Waals surface area contributed by atoms with Gasteiger partial charge in [0.2, 0.25) is 0 Å². The van der Waals surface area contributed by atoms with Gasteiger partial charge in [-0.25, -0.2) is 0 Å². The third-order valence-corrected chi connectivity index (χ3v) is 10.9. The van der Waals surface area contributed by atoms with E-state index in [9.17, 15) is 5.26 Å². The highest BCUT2D eigenvalue weighted by Gasteiger charge is 2.40. The summed E-state index contributed by atoms with van der Waals surface area (Å²) >= 11 is 1.72. The first-order valence-corrected chi connectivity index (χ1v) is 17.6. The molecule has 0 radical (unpaired) electrons. The van der Waals surface area contributed by atoms with Crippen LogP contribution >= 0.6 is 11.9 Å². The molecule has 50 heavy (non-hydrogen) atoms. The first-order chi connectivity index (χ1) is 24.5. The molecule has 2 heterocycles. The van der Waals surface area contributed by atoms with Crippen molar-refractivity contribution < 1.29 is 0 Å². The maximum Gasteiger partial charge on any atom is 0.129 e. The van der Waals surface area contributed by atoms with Crippen LogP contribution in [0.4, 0.5) is 0 Å². The predicted molar refractivity (Wildman–Crippen MR) is 208 cm³/mol. The summed E-state index contributed by atoms with van der Waals surface area (Å²) in [6.45, 7) is 9.15. The first-order valence-electron chi connectivity index (χ1n) is 16.8. The lowest BCUT2D eigenvalue weighted by atomic mass is 9.63. The van der Waals surface area contributed by atoms with Crippen molar-refractivity contribution in [2.75, 3.05) is 0 Å². The lowest BCUT2D eigenvalue weighted by Crippen LogP contribution is -2.36. The molecule has 1 atom stereocenters. The second-order valence-corrected chi connectivity index (χ2v) is 13.8. The topological polar surface area (TPSA) is 39.1 Å². The zero-order chi connectivity index (χ0) is 34.1. The monoisotopic (exact) mass is 661 g/mol. The molecule has 240 valence electrons. The van der Waals surface area contributed by atoms with Crippen LogP contribution in [0.25, 0.3) is 16.8 Å². The van der Waals surface area contributed by atoms with Crippen LogP contribution in [0.15, 0.2) is 188 Å². The minimum Gasteiger partial charge on any atom is -0.361 e. The number of nitriles is 1. The van der Waals surface area contributed by atoms with E-state index in [4.69, 9.17) is 6.58 Å². The predicted octanol–water partition coefficient (Wildman–Crippen LogP) is 10.5. The van der Waals surface area contributed by atoms with Gasteiger partial charge in [0.05, 0.1) is 17.0 Å². The fraction of sp³-hybridized carbons (Fsp3) is 0.0652. The summed E-state index contributed by atoms with van der Waals surface area (Å²) < 4.78 is 2.23. The molecule has 8 rings (SSSR count). The molecule has 4 heteroatoms. The Labute approximate surface area is 298 Å². The zero-order valence-corrected chi connectivity index (χ0v) is 28.4. The summed E-state index contributed by atoms with van der Waals surface area (Å²) in [7, 11) is 0. The maximum absolute atomic E-state index is 10.0. The summed E-state index contributed by atoms with van der Waals surface area (Å²) in [6, 6.07) is 46.8. The van der Waals surface area contributed by atoms with E-state index < -0.39 is 5.41 Å². The molecule has 0 fully saturated rings. The fourth-order valence-corrected chi connectivity index (χ4v) is 8.36. The highest BCUT2D eigenvalue weighted by atomic mass is 32.2. The second kappa shape index (κ2) is 13.1. The number of allylic oxidation sites excluding steroid dienone is 7. The number of fused-ring (bicyclic) bond motifs is 3. The number of benzene rings is 5. The van der Waals surface area contributed by atoms with Crippen LogP contribution in [0.5, 0.6) is 0 Å². The molecular weight excluding hydrogens is 627 g/mol. The molecule has 3 nitrogen and oxygen atoms in total. The van der Waals surface area contributed by atoms with Gasteiger partial charge in [-0.2, -0.15) is 5.26 Å². The van der Waals surface area contributed by atoms with Crippen molar-refractivity contribution in [3.63, 3.8) is 0 Å². The van der Waals surface area contributed by atoms with Gasteiger partial charge in [-0.15, -0.1) is 0 Å². The zero-order valence-electron chi connectivity index (χ0n) is 27.6. The van der Waals surface area contributed by atoms with E-state index >= 15 is 0 Å². The van der Waals surface area contributed by atoms with E-state index in [1.54, 1.807) is 11.9 Å². The van der Waals surface area contributed by atoms with Crippen molar-refractivity contribution in [1.29, 1.82) is 5.26 Å². The molecule has 0 spiro atoms. The average Bonchev–Trinajstić information content (AvgIpc) is 3.27. The average molecular weight is 662 g/mol. The Kier molecular flexibility index (Phi) is 8.20. The molecule has 0 saturated carbocycles. The van der Waals surface area contributed by atoms with Crippen LogP contribution in [0.3, 0.4) is 0 Å². The van der Waals surface area contributed by atoms with Crippen molar-refractivity contribution in [3.8, 4) is 6.07 Å². The van der Waals surface area contributed by atoms with Gasteiger partial charge in [-0.05, 0) is 98.8 Å². The van der Waals surface area contributed by atoms with Crippen LogP contribution in [0.1, 0.15) is 44.5 Å². The van der Waals surface area contributed by atoms with Gasteiger partial charge in [0.1, 0.15) is 6.17 Å². The molecule has 0 amide bonds. The van der Waals surface area contributed by atoms with Gasteiger partial charge in [0.25, 0.3) is 0 Å². The summed E-state index contributed by atoms with van der Waals surface area (Å²) in [5.41, 5.74) is 11.9. The Morgan fingerprint density at radius 3 is 2.12 bits per heavy atom. The molecule has 0 saturated heterocycles. The van der Waals surface area contributed by atoms with Crippen LogP contribution in [0, 0.1) is 11.3 Å². The summed E-state index contributed by atoms with van der Waals surface area (Å²) in [5.74, 6) is 0. The van der Waals surface area contributed by atoms with Crippen molar-refractivity contribution in [1.82, 2.24) is 9.62 Å². The minimum atomic E-state index is -0.709. The lowest BCUT2D eigenvalue weighted by Gasteiger charge is -2.38. The summed E-state index contributed by atoms with van der Waals surface area (Å²) in [4.78, 5) is 1.19. The summed E-state index contributed by atoms with van der Waals surface area (Å²) in [5, 5.41) is 13.6. The molecule has 2 aliphatic heterocycles. The van der Waals surface area contributed by atoms with Gasteiger partial charge in [0.15, 0.2) is 0 Å². The summed E-state index contributed by atoms with van der Waals surface area (Å²) in [6.07, 6.45) is 14.0. The molecule has 1 aliphatic carbocycles. The first kappa shape index (κ1) is 31.3. The maximum atomic E-state index is 10.0. The molecule has 0 bridgehead atoms. The van der Waals surface area contributed by atoms with Gasteiger partial charge in [0, 0.05) is 22.4 Å². The number of rotatable bonds is 4. The van der Waals surface area contributed by atoms with Crippen molar-refractivity contribution >= 4 is 28.8 Å². The molecular formula is C46H35N3S. The molecule has 1 unspecified atom stereocenters. The Balaban J connectivity index is 1.19. The molecule has 5 aromatic rings. The Morgan fingerprint density at radius 2 is 1.42 bits per heavy atom. The van der Waals surface area contributed by atoms with Gasteiger partial charge < -0.3 is 5.32 Å². The molecule has 0 aromatic heterocycles. The third-order valence-electron chi connectivity index (χ3n) is 9.81. The number of hydrogen-bond donors (Lipinski definition) is 1. The molecule has 1 N–H and O–H groups in total. The van der Waals surface area contributed by atoms with E-state index in [1.165, 1.54) is 10.5 Å². The van der Waals surface area contributed by atoms with Crippen LogP contribution in [-0.2, 0) is 11.8 Å². The van der Waals surface area contributed by atoms with Gasteiger partial charge >= 0.3 is 0 Å². The Hall–Kier alpha value is -6.02. The number of nitrogens with zero attached hydrogens (tertiary/aromatic N) is 2. The fourth-order valence-electron chi connectivity index (χ4n) is 7.36.